The van der Waals surface area contributed by atoms with Gasteiger partial charge in [-0.2, -0.15) is 0 Å². The van der Waals surface area contributed by atoms with Crippen molar-refractivity contribution in [3.05, 3.63) is 11.8 Å². The van der Waals surface area contributed by atoms with Gasteiger partial charge in [-0.3, -0.25) is 0 Å². The Balaban J connectivity index is 2.25. The second-order valence-corrected chi connectivity index (χ2v) is 4.48. The van der Waals surface area contributed by atoms with E-state index < -0.39 is 0 Å². The van der Waals surface area contributed by atoms with Gasteiger partial charge in [-0.25, -0.2) is 0 Å². The highest BCUT2D eigenvalue weighted by molar-refractivity contribution is 4.88. The van der Waals surface area contributed by atoms with E-state index in [2.05, 4.69) is 29.4 Å². The van der Waals surface area contributed by atoms with Crippen LogP contribution >= 0.6 is 0 Å². The Kier molecular flexibility index (Phi) is 6.86. The molecule has 4 heteroatoms. The number of nitrogens with one attached hydrogen (secondary N) is 1. The minimum Gasteiger partial charge on any atom is -0.424 e. The number of rotatable bonds is 9. The van der Waals surface area contributed by atoms with Gasteiger partial charge in [0, 0.05) is 6.42 Å². The molecule has 0 aliphatic carbocycles. The van der Waals surface area contributed by atoms with E-state index in [1.165, 1.54) is 25.7 Å². The van der Waals surface area contributed by atoms with Crippen molar-refractivity contribution in [1.29, 1.82) is 0 Å². The van der Waals surface area contributed by atoms with Gasteiger partial charge in [0.05, 0.1) is 6.04 Å². The van der Waals surface area contributed by atoms with E-state index in [0.29, 0.717) is 5.89 Å². The van der Waals surface area contributed by atoms with Crippen LogP contribution in [0.3, 0.4) is 0 Å². The number of aromatic nitrogens is 2. The topological polar surface area (TPSA) is 51.0 Å². The molecule has 0 saturated carbocycles. The second-order valence-electron chi connectivity index (χ2n) is 4.48. The molecule has 4 nitrogen and oxygen atoms in total. The van der Waals surface area contributed by atoms with Gasteiger partial charge >= 0.3 is 0 Å². The summed E-state index contributed by atoms with van der Waals surface area (Å²) in [6.45, 7) is 7.26. The fraction of sp³-hybridized carbons (Fsp3) is 0.846. The van der Waals surface area contributed by atoms with Gasteiger partial charge in [0.1, 0.15) is 0 Å². The fourth-order valence-electron chi connectivity index (χ4n) is 1.82. The molecule has 0 aliphatic rings. The van der Waals surface area contributed by atoms with E-state index in [1.54, 1.807) is 0 Å². The van der Waals surface area contributed by atoms with Crippen molar-refractivity contribution in [2.75, 3.05) is 6.54 Å². The summed E-state index contributed by atoms with van der Waals surface area (Å²) < 4.78 is 5.62. The summed E-state index contributed by atoms with van der Waals surface area (Å²) in [5.41, 5.74) is 0. The quantitative estimate of drug-likeness (QED) is 0.672. The molecule has 0 aromatic carbocycles. The summed E-state index contributed by atoms with van der Waals surface area (Å²) in [5, 5.41) is 11.4. The molecule has 0 aliphatic heterocycles. The van der Waals surface area contributed by atoms with Crippen molar-refractivity contribution < 1.29 is 4.42 Å². The smallest absolute Gasteiger partial charge is 0.233 e. The molecule has 1 aromatic heterocycles. The van der Waals surface area contributed by atoms with Gasteiger partial charge in [-0.1, -0.05) is 39.5 Å². The van der Waals surface area contributed by atoms with Gasteiger partial charge in [0.25, 0.3) is 0 Å². The average Bonchev–Trinajstić information content (AvgIpc) is 2.78. The number of unbranched alkanes of at least 4 members (excludes halogenated alkanes) is 4. The van der Waals surface area contributed by atoms with Crippen molar-refractivity contribution in [1.82, 2.24) is 15.5 Å². The van der Waals surface area contributed by atoms with Crippen LogP contribution in [0.1, 0.15) is 70.7 Å². The molecule has 1 heterocycles. The lowest BCUT2D eigenvalue weighted by Gasteiger charge is -2.05. The molecule has 1 atom stereocenters. The van der Waals surface area contributed by atoms with Gasteiger partial charge in [0.15, 0.2) is 0 Å². The molecule has 1 aromatic rings. The van der Waals surface area contributed by atoms with E-state index >= 15 is 0 Å². The summed E-state index contributed by atoms with van der Waals surface area (Å²) in [5.74, 6) is 1.48. The maximum Gasteiger partial charge on any atom is 0.233 e. The highest BCUT2D eigenvalue weighted by atomic mass is 16.4. The molecule has 1 unspecified atom stereocenters. The minimum atomic E-state index is 0.154. The molecule has 0 saturated heterocycles. The minimum absolute atomic E-state index is 0.154. The van der Waals surface area contributed by atoms with E-state index in [9.17, 15) is 0 Å². The lowest BCUT2D eigenvalue weighted by molar-refractivity contribution is 0.392. The Morgan fingerprint density at radius 2 is 1.88 bits per heavy atom. The first-order chi connectivity index (χ1) is 8.27. The molecule has 1 rings (SSSR count). The molecule has 98 valence electrons. The maximum absolute atomic E-state index is 5.62. The Morgan fingerprint density at radius 1 is 1.12 bits per heavy atom. The van der Waals surface area contributed by atoms with Crippen LogP contribution in [0.5, 0.6) is 0 Å². The third-order valence-electron chi connectivity index (χ3n) is 2.86. The number of hydrogen-bond acceptors (Lipinski definition) is 4. The third kappa shape index (κ3) is 5.31. The van der Waals surface area contributed by atoms with E-state index in [0.717, 1.165) is 25.3 Å². The summed E-state index contributed by atoms with van der Waals surface area (Å²) in [6, 6.07) is 0.154. The summed E-state index contributed by atoms with van der Waals surface area (Å²) in [7, 11) is 0. The second kappa shape index (κ2) is 8.23. The first kappa shape index (κ1) is 14.2. The van der Waals surface area contributed by atoms with Crippen LogP contribution in [0.4, 0.5) is 0 Å². The largest absolute Gasteiger partial charge is 0.424 e. The van der Waals surface area contributed by atoms with Crippen molar-refractivity contribution in [3.63, 3.8) is 0 Å². The van der Waals surface area contributed by atoms with Gasteiger partial charge in [0.2, 0.25) is 11.8 Å². The zero-order valence-electron chi connectivity index (χ0n) is 11.3. The Labute approximate surface area is 104 Å². The SMILES string of the molecule is CCCCCCCc1nnc(C(C)NCC)o1. The zero-order chi connectivity index (χ0) is 12.5. The van der Waals surface area contributed by atoms with Crippen LogP contribution in [-0.2, 0) is 6.42 Å². The fourth-order valence-corrected chi connectivity index (χ4v) is 1.82. The van der Waals surface area contributed by atoms with Crippen LogP contribution in [0.25, 0.3) is 0 Å². The Bertz CT molecular complexity index is 299. The lowest BCUT2D eigenvalue weighted by Crippen LogP contribution is -2.17. The van der Waals surface area contributed by atoms with Crippen LogP contribution in [0.15, 0.2) is 4.42 Å². The summed E-state index contributed by atoms with van der Waals surface area (Å²) in [6.07, 6.45) is 7.24. The number of hydrogen-bond donors (Lipinski definition) is 1. The molecule has 0 fully saturated rings. The molecule has 0 radical (unpaired) electrons. The molecular weight excluding hydrogens is 214 g/mol. The van der Waals surface area contributed by atoms with Crippen molar-refractivity contribution in [2.45, 2.75) is 65.3 Å². The van der Waals surface area contributed by atoms with Crippen LogP contribution in [0, 0.1) is 0 Å². The van der Waals surface area contributed by atoms with Gasteiger partial charge in [-0.15, -0.1) is 10.2 Å². The lowest BCUT2D eigenvalue weighted by atomic mass is 10.1. The highest BCUT2D eigenvalue weighted by Gasteiger charge is 2.12. The zero-order valence-corrected chi connectivity index (χ0v) is 11.3. The first-order valence-electron chi connectivity index (χ1n) is 6.83. The van der Waals surface area contributed by atoms with Crippen molar-refractivity contribution in [3.8, 4) is 0 Å². The Morgan fingerprint density at radius 3 is 2.59 bits per heavy atom. The highest BCUT2D eigenvalue weighted by Crippen LogP contribution is 2.12. The summed E-state index contributed by atoms with van der Waals surface area (Å²) in [4.78, 5) is 0. The molecule has 0 bridgehead atoms. The predicted octanol–water partition coefficient (Wildman–Crippen LogP) is 3.25. The number of nitrogens with zero attached hydrogens (tertiary/aromatic N) is 2. The van der Waals surface area contributed by atoms with Gasteiger partial charge < -0.3 is 9.73 Å². The normalized spacial score (nSPS) is 12.9. The predicted molar refractivity (Wildman–Crippen MR) is 68.9 cm³/mol. The molecule has 0 spiro atoms. The van der Waals surface area contributed by atoms with Crippen molar-refractivity contribution in [2.24, 2.45) is 0 Å². The third-order valence-corrected chi connectivity index (χ3v) is 2.86. The Hall–Kier alpha value is -0.900. The van der Waals surface area contributed by atoms with Crippen LogP contribution in [-0.4, -0.2) is 16.7 Å². The van der Waals surface area contributed by atoms with Crippen molar-refractivity contribution >= 4 is 0 Å². The van der Waals surface area contributed by atoms with E-state index in [-0.39, 0.29) is 6.04 Å². The van der Waals surface area contributed by atoms with Gasteiger partial charge in [-0.05, 0) is 19.9 Å². The van der Waals surface area contributed by atoms with E-state index in [1.807, 2.05) is 6.92 Å². The summed E-state index contributed by atoms with van der Waals surface area (Å²) >= 11 is 0. The maximum atomic E-state index is 5.62. The van der Waals surface area contributed by atoms with Crippen LogP contribution < -0.4 is 5.32 Å². The number of aryl methyl sites for hydroxylation is 1. The molecule has 1 N–H and O–H groups in total. The monoisotopic (exact) mass is 239 g/mol. The molecule has 17 heavy (non-hydrogen) atoms. The van der Waals surface area contributed by atoms with Crippen LogP contribution in [0.2, 0.25) is 0 Å². The van der Waals surface area contributed by atoms with E-state index in [4.69, 9.17) is 4.42 Å². The first-order valence-corrected chi connectivity index (χ1v) is 6.83. The molecular formula is C13H25N3O. The average molecular weight is 239 g/mol. The standard InChI is InChI=1S/C13H25N3O/c1-4-6-7-8-9-10-12-15-16-13(17-12)11(3)14-5-2/h11,14H,4-10H2,1-3H3. The molecule has 0 amide bonds.